The van der Waals surface area contributed by atoms with Crippen molar-refractivity contribution in [3.8, 4) is 0 Å². The summed E-state index contributed by atoms with van der Waals surface area (Å²) in [6.45, 7) is 3.78. The van der Waals surface area contributed by atoms with Gasteiger partial charge in [-0.3, -0.25) is 4.79 Å². The van der Waals surface area contributed by atoms with Gasteiger partial charge in [-0.05, 0) is 55.2 Å². The van der Waals surface area contributed by atoms with Crippen molar-refractivity contribution in [1.29, 1.82) is 0 Å². The maximum atomic E-state index is 11.0. The van der Waals surface area contributed by atoms with Crippen molar-refractivity contribution < 1.29 is 4.79 Å². The SMILES string of the molecule is CC(=O)Nc1ccc(NC(=S)N[C@H]2CCCC[C@H]2C)cc1. The van der Waals surface area contributed by atoms with E-state index in [4.69, 9.17) is 12.2 Å². The van der Waals surface area contributed by atoms with E-state index in [2.05, 4.69) is 22.9 Å². The second kappa shape index (κ2) is 7.41. The number of benzene rings is 1. The Kier molecular flexibility index (Phi) is 5.56. The third kappa shape index (κ3) is 5.01. The molecule has 0 saturated heterocycles. The van der Waals surface area contributed by atoms with Crippen LogP contribution in [0.1, 0.15) is 39.5 Å². The number of hydrogen-bond acceptors (Lipinski definition) is 2. The molecule has 0 bridgehead atoms. The van der Waals surface area contributed by atoms with Crippen LogP contribution in [0.2, 0.25) is 0 Å². The summed E-state index contributed by atoms with van der Waals surface area (Å²) in [6, 6.07) is 8.00. The molecule has 0 radical (unpaired) electrons. The van der Waals surface area contributed by atoms with E-state index >= 15 is 0 Å². The Bertz CT molecular complexity index is 501. The molecule has 2 atom stereocenters. The van der Waals surface area contributed by atoms with Gasteiger partial charge in [0.15, 0.2) is 5.11 Å². The fourth-order valence-electron chi connectivity index (χ4n) is 2.71. The summed E-state index contributed by atoms with van der Waals surface area (Å²) < 4.78 is 0. The van der Waals surface area contributed by atoms with Gasteiger partial charge in [0.25, 0.3) is 0 Å². The maximum Gasteiger partial charge on any atom is 0.221 e. The summed E-state index contributed by atoms with van der Waals surface area (Å²) in [5.74, 6) is 0.597. The first-order chi connectivity index (χ1) is 10.0. The van der Waals surface area contributed by atoms with Gasteiger partial charge >= 0.3 is 0 Å². The van der Waals surface area contributed by atoms with Gasteiger partial charge in [0.2, 0.25) is 5.91 Å². The van der Waals surface area contributed by atoms with Crippen LogP contribution in [0.15, 0.2) is 24.3 Å². The van der Waals surface area contributed by atoms with Gasteiger partial charge in [-0.25, -0.2) is 0 Å². The van der Waals surface area contributed by atoms with E-state index in [-0.39, 0.29) is 5.91 Å². The van der Waals surface area contributed by atoms with Crippen molar-refractivity contribution in [2.45, 2.75) is 45.6 Å². The third-order valence-electron chi connectivity index (χ3n) is 3.89. The smallest absolute Gasteiger partial charge is 0.221 e. The fraction of sp³-hybridized carbons (Fsp3) is 0.500. The summed E-state index contributed by atoms with van der Waals surface area (Å²) in [7, 11) is 0. The maximum absolute atomic E-state index is 11.0. The Morgan fingerprint density at radius 1 is 1.10 bits per heavy atom. The molecule has 1 amide bonds. The molecule has 3 N–H and O–H groups in total. The minimum Gasteiger partial charge on any atom is -0.359 e. The lowest BCUT2D eigenvalue weighted by molar-refractivity contribution is -0.114. The minimum absolute atomic E-state index is 0.0702. The van der Waals surface area contributed by atoms with Crippen LogP contribution in [0.25, 0.3) is 0 Å². The Hall–Kier alpha value is -1.62. The van der Waals surface area contributed by atoms with Crippen LogP contribution in [-0.4, -0.2) is 17.1 Å². The molecule has 1 saturated carbocycles. The summed E-state index contributed by atoms with van der Waals surface area (Å²) in [5, 5.41) is 10.0. The highest BCUT2D eigenvalue weighted by atomic mass is 32.1. The molecule has 2 rings (SSSR count). The van der Waals surface area contributed by atoms with Crippen LogP contribution in [0.5, 0.6) is 0 Å². The minimum atomic E-state index is -0.0702. The Labute approximate surface area is 131 Å². The van der Waals surface area contributed by atoms with E-state index in [0.29, 0.717) is 17.1 Å². The van der Waals surface area contributed by atoms with Gasteiger partial charge in [-0.2, -0.15) is 0 Å². The van der Waals surface area contributed by atoms with E-state index in [1.807, 2.05) is 24.3 Å². The van der Waals surface area contributed by atoms with Crippen LogP contribution in [0, 0.1) is 5.92 Å². The molecule has 21 heavy (non-hydrogen) atoms. The molecule has 1 aromatic carbocycles. The van der Waals surface area contributed by atoms with Gasteiger partial charge in [0.1, 0.15) is 0 Å². The zero-order chi connectivity index (χ0) is 15.2. The molecule has 0 aromatic heterocycles. The summed E-state index contributed by atoms with van der Waals surface area (Å²) in [5.41, 5.74) is 1.71. The van der Waals surface area contributed by atoms with E-state index in [9.17, 15) is 4.79 Å². The largest absolute Gasteiger partial charge is 0.359 e. The highest BCUT2D eigenvalue weighted by molar-refractivity contribution is 7.80. The number of amides is 1. The second-order valence-electron chi connectivity index (χ2n) is 5.73. The molecule has 114 valence electrons. The average molecular weight is 305 g/mol. The van der Waals surface area contributed by atoms with Crippen LogP contribution in [0.3, 0.4) is 0 Å². The number of hydrogen-bond donors (Lipinski definition) is 3. The lowest BCUT2D eigenvalue weighted by atomic mass is 9.86. The van der Waals surface area contributed by atoms with Crippen molar-refractivity contribution in [1.82, 2.24) is 5.32 Å². The van der Waals surface area contributed by atoms with Gasteiger partial charge in [0.05, 0.1) is 0 Å². The van der Waals surface area contributed by atoms with Gasteiger partial charge < -0.3 is 16.0 Å². The first kappa shape index (κ1) is 15.8. The molecular weight excluding hydrogens is 282 g/mol. The number of carbonyl (C=O) groups excluding carboxylic acids is 1. The van der Waals surface area contributed by atoms with Crippen molar-refractivity contribution in [3.05, 3.63) is 24.3 Å². The molecule has 1 aliphatic rings. The van der Waals surface area contributed by atoms with Gasteiger partial charge in [-0.1, -0.05) is 19.8 Å². The number of anilines is 2. The van der Waals surface area contributed by atoms with Crippen LogP contribution in [0.4, 0.5) is 11.4 Å². The molecule has 1 fully saturated rings. The first-order valence-electron chi connectivity index (χ1n) is 7.50. The van der Waals surface area contributed by atoms with Crippen LogP contribution in [-0.2, 0) is 4.79 Å². The van der Waals surface area contributed by atoms with E-state index < -0.39 is 0 Å². The normalized spacial score (nSPS) is 21.4. The number of rotatable bonds is 3. The first-order valence-corrected chi connectivity index (χ1v) is 7.90. The Morgan fingerprint density at radius 3 is 2.24 bits per heavy atom. The zero-order valence-electron chi connectivity index (χ0n) is 12.6. The molecule has 5 heteroatoms. The van der Waals surface area contributed by atoms with Gasteiger partial charge in [0, 0.05) is 24.3 Å². The molecular formula is C16H23N3OS. The van der Waals surface area contributed by atoms with Crippen molar-refractivity contribution in [2.75, 3.05) is 10.6 Å². The van der Waals surface area contributed by atoms with E-state index in [1.165, 1.54) is 32.6 Å². The van der Waals surface area contributed by atoms with Crippen LogP contribution >= 0.6 is 12.2 Å². The summed E-state index contributed by atoms with van der Waals surface area (Å²) in [4.78, 5) is 11.0. The number of carbonyl (C=O) groups is 1. The molecule has 0 aliphatic heterocycles. The van der Waals surface area contributed by atoms with Crippen molar-refractivity contribution >= 4 is 34.6 Å². The summed E-state index contributed by atoms with van der Waals surface area (Å²) >= 11 is 5.38. The molecule has 1 aromatic rings. The number of thiocarbonyl (C=S) groups is 1. The van der Waals surface area contributed by atoms with E-state index in [0.717, 1.165) is 11.4 Å². The topological polar surface area (TPSA) is 53.2 Å². The Morgan fingerprint density at radius 2 is 1.67 bits per heavy atom. The van der Waals surface area contributed by atoms with E-state index in [1.54, 1.807) is 0 Å². The van der Waals surface area contributed by atoms with Crippen molar-refractivity contribution in [3.63, 3.8) is 0 Å². The second-order valence-corrected chi connectivity index (χ2v) is 6.13. The van der Waals surface area contributed by atoms with Crippen molar-refractivity contribution in [2.24, 2.45) is 5.92 Å². The van der Waals surface area contributed by atoms with Gasteiger partial charge in [-0.15, -0.1) is 0 Å². The highest BCUT2D eigenvalue weighted by Gasteiger charge is 2.21. The quantitative estimate of drug-likeness (QED) is 0.748. The predicted octanol–water partition coefficient (Wildman–Crippen LogP) is 3.51. The Balaban J connectivity index is 1.85. The standard InChI is InChI=1S/C16H23N3OS/c1-11-5-3-4-6-15(11)19-16(21)18-14-9-7-13(8-10-14)17-12(2)20/h7-11,15H,3-6H2,1-2H3,(H,17,20)(H2,18,19,21)/t11-,15+/m1/s1. The van der Waals surface area contributed by atoms with Crippen LogP contribution < -0.4 is 16.0 Å². The molecule has 1 aliphatic carbocycles. The number of nitrogens with one attached hydrogen (secondary N) is 3. The third-order valence-corrected chi connectivity index (χ3v) is 4.11. The molecule has 0 heterocycles. The lowest BCUT2D eigenvalue weighted by Crippen LogP contribution is -2.43. The molecule has 0 unspecified atom stereocenters. The monoisotopic (exact) mass is 305 g/mol. The average Bonchev–Trinajstić information content (AvgIpc) is 2.43. The molecule has 0 spiro atoms. The fourth-order valence-corrected chi connectivity index (χ4v) is 2.98. The predicted molar refractivity (Wildman–Crippen MR) is 91.5 cm³/mol. The zero-order valence-corrected chi connectivity index (χ0v) is 13.4. The summed E-state index contributed by atoms with van der Waals surface area (Å²) in [6.07, 6.45) is 5.05. The lowest BCUT2D eigenvalue weighted by Gasteiger charge is -2.30. The molecule has 4 nitrogen and oxygen atoms in total. The highest BCUT2D eigenvalue weighted by Crippen LogP contribution is 2.23.